The van der Waals surface area contributed by atoms with Crippen molar-refractivity contribution >= 4 is 41.4 Å². The summed E-state index contributed by atoms with van der Waals surface area (Å²) in [5.41, 5.74) is 17.5. The second-order valence-electron chi connectivity index (χ2n) is 9.22. The Kier molecular flexibility index (Phi) is 14.8. The molecule has 4 atom stereocenters. The van der Waals surface area contributed by atoms with E-state index in [2.05, 4.69) is 20.9 Å². The van der Waals surface area contributed by atoms with Crippen molar-refractivity contribution in [1.29, 1.82) is 0 Å². The number of carboxylic acid groups (broad SMARTS) is 1. The summed E-state index contributed by atoms with van der Waals surface area (Å²) in [6, 6.07) is 5.31. The molecule has 10 N–H and O–H groups in total. The fourth-order valence-corrected chi connectivity index (χ4v) is 4.03. The summed E-state index contributed by atoms with van der Waals surface area (Å²) in [6.45, 7) is 3.75. The molecular formula is C25H41N7O5S. The van der Waals surface area contributed by atoms with Crippen LogP contribution < -0.4 is 33.2 Å². The smallest absolute Gasteiger partial charge is 0.326 e. The molecule has 0 saturated heterocycles. The Hall–Kier alpha value is -3.32. The van der Waals surface area contributed by atoms with Crippen molar-refractivity contribution in [3.05, 3.63) is 35.9 Å². The van der Waals surface area contributed by atoms with E-state index >= 15 is 0 Å². The van der Waals surface area contributed by atoms with Gasteiger partial charge in [0, 0.05) is 6.54 Å². The van der Waals surface area contributed by atoms with Gasteiger partial charge in [-0.05, 0) is 49.2 Å². The summed E-state index contributed by atoms with van der Waals surface area (Å²) >= 11 is 1.48. The molecule has 0 saturated carbocycles. The fraction of sp³-hybridized carbons (Fsp3) is 0.560. The minimum atomic E-state index is -1.21. The van der Waals surface area contributed by atoms with Crippen LogP contribution in [0.4, 0.5) is 0 Å². The second-order valence-corrected chi connectivity index (χ2v) is 10.2. The number of hydrogen-bond acceptors (Lipinski definition) is 7. The molecule has 0 aliphatic carbocycles. The Morgan fingerprint density at radius 1 is 0.947 bits per heavy atom. The maximum absolute atomic E-state index is 13.2. The van der Waals surface area contributed by atoms with Gasteiger partial charge in [0.25, 0.3) is 0 Å². The molecule has 3 amide bonds. The standard InChI is InChI=1S/C25H41N7O5S/c1-15(2)20(32-21(33)17(26)14-16-8-5-4-6-9-16)23(35)30-18(11-13-38-3)22(34)31-19(24(36)37)10-7-12-29-25(27)28/h4-6,8-9,15,17-20H,7,10-14,26H2,1-3H3,(H,30,35)(H,31,34)(H,32,33)(H,36,37)(H4,27,28,29). The van der Waals surface area contributed by atoms with Gasteiger partial charge < -0.3 is 38.3 Å². The number of carbonyl (C=O) groups excluding carboxylic acids is 3. The molecule has 12 nitrogen and oxygen atoms in total. The SMILES string of the molecule is CSCCC(NC(=O)C(NC(=O)C(N)Cc1ccccc1)C(C)C)C(=O)NC(CCCN=C(N)N)C(=O)O. The number of amides is 3. The molecule has 212 valence electrons. The van der Waals surface area contributed by atoms with Crippen LogP contribution in [0.2, 0.25) is 0 Å². The minimum absolute atomic E-state index is 0.102. The highest BCUT2D eigenvalue weighted by molar-refractivity contribution is 7.98. The fourth-order valence-electron chi connectivity index (χ4n) is 3.56. The van der Waals surface area contributed by atoms with Crippen molar-refractivity contribution in [3.63, 3.8) is 0 Å². The predicted molar refractivity (Wildman–Crippen MR) is 149 cm³/mol. The molecule has 0 aromatic heterocycles. The molecule has 0 spiro atoms. The molecular weight excluding hydrogens is 510 g/mol. The minimum Gasteiger partial charge on any atom is -0.480 e. The third-order valence-corrected chi connectivity index (χ3v) is 6.33. The molecule has 38 heavy (non-hydrogen) atoms. The summed E-state index contributed by atoms with van der Waals surface area (Å²) in [5, 5.41) is 17.4. The van der Waals surface area contributed by atoms with E-state index in [1.165, 1.54) is 11.8 Å². The van der Waals surface area contributed by atoms with Gasteiger partial charge in [-0.15, -0.1) is 0 Å². The first-order valence-electron chi connectivity index (χ1n) is 12.4. The van der Waals surface area contributed by atoms with E-state index in [0.29, 0.717) is 18.6 Å². The molecule has 1 rings (SSSR count). The summed E-state index contributed by atoms with van der Waals surface area (Å²) in [5.74, 6) is -2.74. The number of nitrogens with one attached hydrogen (secondary N) is 3. The number of carboxylic acids is 1. The van der Waals surface area contributed by atoms with Gasteiger partial charge in [-0.25, -0.2) is 4.79 Å². The van der Waals surface area contributed by atoms with Crippen LogP contribution in [0, 0.1) is 5.92 Å². The van der Waals surface area contributed by atoms with Gasteiger partial charge in [0.05, 0.1) is 6.04 Å². The highest BCUT2D eigenvalue weighted by Gasteiger charge is 2.31. The third kappa shape index (κ3) is 12.3. The van der Waals surface area contributed by atoms with Crippen molar-refractivity contribution in [2.24, 2.45) is 28.1 Å². The van der Waals surface area contributed by atoms with E-state index in [0.717, 1.165) is 5.56 Å². The molecule has 0 radical (unpaired) electrons. The lowest BCUT2D eigenvalue weighted by Gasteiger charge is -2.27. The molecule has 0 heterocycles. The summed E-state index contributed by atoms with van der Waals surface area (Å²) in [7, 11) is 0. The van der Waals surface area contributed by atoms with Crippen LogP contribution in [-0.2, 0) is 25.6 Å². The lowest BCUT2D eigenvalue weighted by molar-refractivity contribution is -0.142. The Balaban J connectivity index is 2.87. The molecule has 0 aliphatic heterocycles. The molecule has 0 aliphatic rings. The average Bonchev–Trinajstić information content (AvgIpc) is 2.86. The predicted octanol–water partition coefficient (Wildman–Crippen LogP) is -0.442. The van der Waals surface area contributed by atoms with Crippen molar-refractivity contribution in [1.82, 2.24) is 16.0 Å². The van der Waals surface area contributed by atoms with E-state index in [4.69, 9.17) is 17.2 Å². The van der Waals surface area contributed by atoms with Crippen molar-refractivity contribution in [2.75, 3.05) is 18.6 Å². The van der Waals surface area contributed by atoms with Crippen LogP contribution in [0.15, 0.2) is 35.3 Å². The number of benzene rings is 1. The first-order chi connectivity index (χ1) is 18.0. The second kappa shape index (κ2) is 17.2. The maximum Gasteiger partial charge on any atom is 0.326 e. The third-order valence-electron chi connectivity index (χ3n) is 5.69. The van der Waals surface area contributed by atoms with Gasteiger partial charge in [-0.1, -0.05) is 44.2 Å². The summed E-state index contributed by atoms with van der Waals surface area (Å²) in [6.07, 6.45) is 2.86. The Morgan fingerprint density at radius 2 is 1.58 bits per heavy atom. The Bertz CT molecular complexity index is 941. The van der Waals surface area contributed by atoms with E-state index in [1.807, 2.05) is 36.6 Å². The lowest BCUT2D eigenvalue weighted by Crippen LogP contribution is -2.58. The Morgan fingerprint density at radius 3 is 2.13 bits per heavy atom. The number of nitrogens with two attached hydrogens (primary N) is 3. The molecule has 0 bridgehead atoms. The lowest BCUT2D eigenvalue weighted by atomic mass is 10.0. The number of rotatable bonds is 17. The molecule has 0 fully saturated rings. The molecule has 1 aromatic carbocycles. The van der Waals surface area contributed by atoms with E-state index in [9.17, 15) is 24.3 Å². The number of nitrogens with zero attached hydrogens (tertiary/aromatic N) is 1. The average molecular weight is 552 g/mol. The van der Waals surface area contributed by atoms with Gasteiger partial charge in [-0.3, -0.25) is 19.4 Å². The van der Waals surface area contributed by atoms with E-state index < -0.39 is 47.9 Å². The van der Waals surface area contributed by atoms with Crippen molar-refractivity contribution in [3.8, 4) is 0 Å². The van der Waals surface area contributed by atoms with Crippen molar-refractivity contribution < 1.29 is 24.3 Å². The normalized spacial score (nSPS) is 14.0. The number of aliphatic carboxylic acids is 1. The van der Waals surface area contributed by atoms with Crippen LogP contribution in [0.1, 0.15) is 38.7 Å². The monoisotopic (exact) mass is 551 g/mol. The van der Waals surface area contributed by atoms with Crippen LogP contribution in [0.25, 0.3) is 0 Å². The number of hydrogen-bond donors (Lipinski definition) is 7. The zero-order chi connectivity index (χ0) is 28.7. The molecule has 1 aromatic rings. The summed E-state index contributed by atoms with van der Waals surface area (Å²) < 4.78 is 0. The number of aliphatic imine (C=N–C) groups is 1. The largest absolute Gasteiger partial charge is 0.480 e. The topological polar surface area (TPSA) is 215 Å². The molecule has 4 unspecified atom stereocenters. The number of guanidine groups is 1. The van der Waals surface area contributed by atoms with Gasteiger partial charge >= 0.3 is 5.97 Å². The maximum atomic E-state index is 13.2. The first-order valence-corrected chi connectivity index (χ1v) is 13.8. The van der Waals surface area contributed by atoms with E-state index in [1.54, 1.807) is 13.8 Å². The van der Waals surface area contributed by atoms with Gasteiger partial charge in [0.1, 0.15) is 18.1 Å². The highest BCUT2D eigenvalue weighted by atomic mass is 32.2. The van der Waals surface area contributed by atoms with Gasteiger partial charge in [-0.2, -0.15) is 11.8 Å². The highest BCUT2D eigenvalue weighted by Crippen LogP contribution is 2.09. The Labute approximate surface area is 227 Å². The molecule has 13 heteroatoms. The first kappa shape index (κ1) is 32.7. The van der Waals surface area contributed by atoms with Crippen LogP contribution >= 0.6 is 11.8 Å². The van der Waals surface area contributed by atoms with Crippen LogP contribution in [0.3, 0.4) is 0 Å². The van der Waals surface area contributed by atoms with Crippen molar-refractivity contribution in [2.45, 2.75) is 63.7 Å². The number of thioether (sulfide) groups is 1. The van der Waals surface area contributed by atoms with Gasteiger partial charge in [0.2, 0.25) is 17.7 Å². The van der Waals surface area contributed by atoms with Crippen LogP contribution in [-0.4, -0.2) is 77.5 Å². The van der Waals surface area contributed by atoms with Crippen LogP contribution in [0.5, 0.6) is 0 Å². The van der Waals surface area contributed by atoms with Gasteiger partial charge in [0.15, 0.2) is 5.96 Å². The number of carbonyl (C=O) groups is 4. The zero-order valence-electron chi connectivity index (χ0n) is 22.2. The quantitative estimate of drug-likeness (QED) is 0.0757. The van der Waals surface area contributed by atoms with E-state index in [-0.39, 0.29) is 31.3 Å². The summed E-state index contributed by atoms with van der Waals surface area (Å²) in [4.78, 5) is 54.4. The zero-order valence-corrected chi connectivity index (χ0v) is 23.0.